The van der Waals surface area contributed by atoms with Gasteiger partial charge in [0, 0.05) is 40.9 Å². The predicted molar refractivity (Wildman–Crippen MR) is 165 cm³/mol. The van der Waals surface area contributed by atoms with Gasteiger partial charge in [0.25, 0.3) is 11.8 Å². The number of likely N-dealkylation sites (N-methyl/N-ethyl adjacent to an activating group) is 1. The van der Waals surface area contributed by atoms with E-state index >= 15 is 0 Å². The molecule has 46 heavy (non-hydrogen) atoms. The fourth-order valence-corrected chi connectivity index (χ4v) is 8.86. The molecule has 5 aliphatic heterocycles. The van der Waals surface area contributed by atoms with E-state index in [1.165, 1.54) is 4.90 Å². The van der Waals surface area contributed by atoms with Gasteiger partial charge in [-0.1, -0.05) is 18.2 Å². The first-order valence-corrected chi connectivity index (χ1v) is 15.4. The second kappa shape index (κ2) is 10.1. The van der Waals surface area contributed by atoms with Crippen LogP contribution in [-0.2, 0) is 12.8 Å². The second-order valence-electron chi connectivity index (χ2n) is 12.7. The van der Waals surface area contributed by atoms with Crippen LogP contribution in [0.2, 0.25) is 0 Å². The standard InChI is InChI=1S/C35H34N4O7/c1-16-10-18-11-22-24(13-36)39-23(28(37(22)3)26(18)29(40)30(16)43-4)12-21-27(33-32(45-15-46-33)17(2)31(21)44-5)25(39)14-38-34(41)19-8-6-7-9-20(19)35(38)42/h6-10,22-25,28,40H,11-12,14-15H2,1-5H3/t22-,23?,24?,25-,28-/m0/s1. The number of imide groups is 1. The first-order chi connectivity index (χ1) is 22.2. The third-order valence-electron chi connectivity index (χ3n) is 10.7. The predicted octanol–water partition coefficient (Wildman–Crippen LogP) is 3.82. The molecule has 3 aromatic rings. The second-order valence-corrected chi connectivity index (χ2v) is 12.7. The molecule has 1 N–H and O–H groups in total. The Balaban J connectivity index is 1.36. The normalized spacial score (nSPS) is 25.8. The molecule has 0 saturated carbocycles. The van der Waals surface area contributed by atoms with Gasteiger partial charge in [0.05, 0.1) is 43.5 Å². The summed E-state index contributed by atoms with van der Waals surface area (Å²) in [5.74, 6) is 1.54. The quantitative estimate of drug-likeness (QED) is 0.430. The molecule has 1 fully saturated rings. The molecule has 5 heterocycles. The van der Waals surface area contributed by atoms with E-state index in [9.17, 15) is 20.0 Å². The summed E-state index contributed by atoms with van der Waals surface area (Å²) in [4.78, 5) is 33.2. The summed E-state index contributed by atoms with van der Waals surface area (Å²) >= 11 is 0. The zero-order valence-corrected chi connectivity index (χ0v) is 26.3. The fourth-order valence-electron chi connectivity index (χ4n) is 8.86. The van der Waals surface area contributed by atoms with Gasteiger partial charge in [0.15, 0.2) is 23.0 Å². The number of phenols is 1. The molecule has 0 radical (unpaired) electrons. The Hall–Kier alpha value is -4.79. The number of hydrogen-bond donors (Lipinski definition) is 1. The number of fused-ring (bicyclic) bond motifs is 10. The number of aryl methyl sites for hydroxylation is 1. The first kappa shape index (κ1) is 28.7. The van der Waals surface area contributed by atoms with Crippen molar-refractivity contribution in [2.75, 3.05) is 34.6 Å². The summed E-state index contributed by atoms with van der Waals surface area (Å²) in [5, 5.41) is 22.6. The average Bonchev–Trinajstić information content (AvgIpc) is 3.62. The lowest BCUT2D eigenvalue weighted by Gasteiger charge is -2.60. The molecule has 2 bridgehead atoms. The van der Waals surface area contributed by atoms with Crippen molar-refractivity contribution in [3.05, 3.63) is 74.8 Å². The summed E-state index contributed by atoms with van der Waals surface area (Å²) in [6.07, 6.45) is 0.993. The number of carbonyl (C=O) groups is 2. The molecule has 1 saturated heterocycles. The van der Waals surface area contributed by atoms with Crippen LogP contribution in [0.15, 0.2) is 30.3 Å². The number of nitrogens with zero attached hydrogens (tertiary/aromatic N) is 4. The van der Waals surface area contributed by atoms with E-state index in [0.29, 0.717) is 47.0 Å². The van der Waals surface area contributed by atoms with Crippen LogP contribution in [0.5, 0.6) is 28.7 Å². The molecule has 2 amide bonds. The van der Waals surface area contributed by atoms with Gasteiger partial charge in [-0.2, -0.15) is 5.26 Å². The van der Waals surface area contributed by atoms with Crippen LogP contribution < -0.4 is 18.9 Å². The zero-order valence-electron chi connectivity index (χ0n) is 26.3. The van der Waals surface area contributed by atoms with Crippen LogP contribution in [0.25, 0.3) is 0 Å². The molecule has 11 nitrogen and oxygen atoms in total. The van der Waals surface area contributed by atoms with E-state index in [2.05, 4.69) is 21.9 Å². The number of benzene rings is 3. The molecule has 5 aliphatic rings. The molecule has 11 heteroatoms. The maximum Gasteiger partial charge on any atom is 0.261 e. The van der Waals surface area contributed by atoms with Crippen LogP contribution in [0.1, 0.15) is 66.2 Å². The number of piperazine rings is 1. The fraction of sp³-hybridized carbons (Fsp3) is 0.400. The lowest BCUT2D eigenvalue weighted by Crippen LogP contribution is -2.68. The largest absolute Gasteiger partial charge is 0.504 e. The van der Waals surface area contributed by atoms with E-state index < -0.39 is 12.1 Å². The van der Waals surface area contributed by atoms with Gasteiger partial charge in [-0.15, -0.1) is 0 Å². The van der Waals surface area contributed by atoms with Crippen molar-refractivity contribution in [2.24, 2.45) is 0 Å². The zero-order chi connectivity index (χ0) is 32.2. The Morgan fingerprint density at radius 2 is 1.65 bits per heavy atom. The third kappa shape index (κ3) is 3.59. The van der Waals surface area contributed by atoms with Gasteiger partial charge in [0.2, 0.25) is 6.79 Å². The number of aromatic hydroxyl groups is 1. The van der Waals surface area contributed by atoms with Crippen LogP contribution in [0, 0.1) is 25.2 Å². The van der Waals surface area contributed by atoms with Gasteiger partial charge >= 0.3 is 0 Å². The van der Waals surface area contributed by atoms with E-state index in [0.717, 1.165) is 33.4 Å². The Morgan fingerprint density at radius 1 is 0.978 bits per heavy atom. The topological polar surface area (TPSA) is 125 Å². The summed E-state index contributed by atoms with van der Waals surface area (Å²) in [6, 6.07) is 9.36. The van der Waals surface area contributed by atoms with Gasteiger partial charge < -0.3 is 24.1 Å². The maximum atomic E-state index is 13.8. The van der Waals surface area contributed by atoms with Crippen LogP contribution in [0.3, 0.4) is 0 Å². The Kier molecular flexibility index (Phi) is 6.30. The van der Waals surface area contributed by atoms with E-state index in [1.54, 1.807) is 38.5 Å². The van der Waals surface area contributed by atoms with Crippen LogP contribution in [0.4, 0.5) is 0 Å². The van der Waals surface area contributed by atoms with Crippen LogP contribution in [-0.4, -0.2) is 84.4 Å². The SMILES string of the molecule is COc1c(C)cc2c(c1O)[C@@H]1C3Cc4c(OC)c(C)c5c(c4[C@H](CN4C(=O)c6ccccc6C4=O)N3C(C#N)[C@H](C2)N1C)OCO5. The van der Waals surface area contributed by atoms with Crippen LogP contribution >= 0.6 is 0 Å². The first-order valence-electron chi connectivity index (χ1n) is 15.4. The van der Waals surface area contributed by atoms with Crippen molar-refractivity contribution >= 4 is 11.8 Å². The summed E-state index contributed by atoms with van der Waals surface area (Å²) in [5.41, 5.74) is 5.74. The van der Waals surface area contributed by atoms with Crippen molar-refractivity contribution < 1.29 is 33.6 Å². The highest BCUT2D eigenvalue weighted by atomic mass is 16.7. The number of ether oxygens (including phenoxy) is 4. The highest BCUT2D eigenvalue weighted by Crippen LogP contribution is 2.58. The van der Waals surface area contributed by atoms with Gasteiger partial charge in [-0.3, -0.25) is 24.3 Å². The number of methoxy groups -OCH3 is 2. The highest BCUT2D eigenvalue weighted by molar-refractivity contribution is 6.21. The number of phenolic OH excluding ortho intramolecular Hbond substituents is 1. The highest BCUT2D eigenvalue weighted by Gasteiger charge is 2.57. The van der Waals surface area contributed by atoms with Crippen molar-refractivity contribution in [1.29, 1.82) is 5.26 Å². The van der Waals surface area contributed by atoms with Crippen molar-refractivity contribution in [3.8, 4) is 34.8 Å². The minimum Gasteiger partial charge on any atom is -0.504 e. The van der Waals surface area contributed by atoms with Crippen molar-refractivity contribution in [3.63, 3.8) is 0 Å². The number of hydrogen-bond acceptors (Lipinski definition) is 10. The number of amides is 2. The summed E-state index contributed by atoms with van der Waals surface area (Å²) < 4.78 is 23.8. The Morgan fingerprint density at radius 3 is 2.30 bits per heavy atom. The molecular formula is C35H34N4O7. The number of carbonyl (C=O) groups excluding carboxylic acids is 2. The average molecular weight is 623 g/mol. The monoisotopic (exact) mass is 622 g/mol. The van der Waals surface area contributed by atoms with Gasteiger partial charge in [-0.25, -0.2) is 0 Å². The molecule has 3 aromatic carbocycles. The molecule has 5 atom stereocenters. The van der Waals surface area contributed by atoms with Gasteiger partial charge in [-0.05, 0) is 57.0 Å². The number of rotatable bonds is 4. The molecule has 0 aliphatic carbocycles. The van der Waals surface area contributed by atoms with Crippen molar-refractivity contribution in [2.45, 2.75) is 56.9 Å². The number of nitriles is 1. The molecule has 0 aromatic heterocycles. The van der Waals surface area contributed by atoms with E-state index in [4.69, 9.17) is 18.9 Å². The molecule has 236 valence electrons. The lowest BCUT2D eigenvalue weighted by molar-refractivity contribution is -0.0758. The minimum atomic E-state index is -0.625. The molecule has 8 rings (SSSR count). The van der Waals surface area contributed by atoms with Gasteiger partial charge in [0.1, 0.15) is 11.8 Å². The maximum absolute atomic E-state index is 13.8. The molecule has 2 unspecified atom stereocenters. The summed E-state index contributed by atoms with van der Waals surface area (Å²) in [6.45, 7) is 3.85. The smallest absolute Gasteiger partial charge is 0.261 e. The third-order valence-corrected chi connectivity index (χ3v) is 10.7. The Bertz CT molecular complexity index is 1870. The molecular weight excluding hydrogens is 588 g/mol. The Labute approximate surface area is 266 Å². The summed E-state index contributed by atoms with van der Waals surface area (Å²) in [7, 11) is 5.17. The lowest BCUT2D eigenvalue weighted by atomic mass is 9.71. The van der Waals surface area contributed by atoms with Crippen molar-refractivity contribution in [1.82, 2.24) is 14.7 Å². The van der Waals surface area contributed by atoms with E-state index in [-0.39, 0.29) is 49.0 Å². The minimum absolute atomic E-state index is 0.00471. The van der Waals surface area contributed by atoms with E-state index in [1.807, 2.05) is 20.9 Å². The molecule has 0 spiro atoms.